The first-order valence-electron chi connectivity index (χ1n) is 5.85. The molecule has 1 aliphatic rings. The lowest BCUT2D eigenvalue weighted by molar-refractivity contribution is 0.553. The molecule has 2 aromatic rings. The van der Waals surface area contributed by atoms with E-state index >= 15 is 0 Å². The molecule has 1 N–H and O–H groups in total. The highest BCUT2D eigenvalue weighted by Gasteiger charge is 2.47. The van der Waals surface area contributed by atoms with Crippen molar-refractivity contribution in [3.05, 3.63) is 52.4 Å². The molecule has 0 amide bonds. The average Bonchev–Trinajstić information content (AvgIpc) is 2.92. The molecule has 3 nitrogen and oxygen atoms in total. The minimum Gasteiger partial charge on any atom is -0.206 e. The van der Waals surface area contributed by atoms with Crippen molar-refractivity contribution in [1.29, 1.82) is 0 Å². The molecule has 0 spiro atoms. The van der Waals surface area contributed by atoms with E-state index in [0.717, 1.165) is 18.4 Å². The van der Waals surface area contributed by atoms with Crippen LogP contribution in [0.25, 0.3) is 0 Å². The smallest absolute Gasteiger partial charge is 0.206 e. The number of halogens is 1. The van der Waals surface area contributed by atoms with E-state index in [0.29, 0.717) is 9.23 Å². The van der Waals surface area contributed by atoms with Crippen molar-refractivity contribution in [3.63, 3.8) is 0 Å². The molecule has 0 aliphatic heterocycles. The average molecular weight is 314 g/mol. The third-order valence-electron chi connectivity index (χ3n) is 3.22. The van der Waals surface area contributed by atoms with Crippen molar-refractivity contribution >= 4 is 33.0 Å². The van der Waals surface area contributed by atoms with Crippen LogP contribution >= 0.6 is 22.9 Å². The number of hydrogen-bond acceptors (Lipinski definition) is 3. The maximum atomic E-state index is 12.3. The summed E-state index contributed by atoms with van der Waals surface area (Å²) in [5, 5.41) is 2.38. The van der Waals surface area contributed by atoms with Gasteiger partial charge in [-0.1, -0.05) is 29.8 Å². The Morgan fingerprint density at radius 2 is 2.00 bits per heavy atom. The summed E-state index contributed by atoms with van der Waals surface area (Å²) >= 11 is 7.19. The summed E-state index contributed by atoms with van der Waals surface area (Å²) in [5.41, 5.74) is 0.452. The molecule has 19 heavy (non-hydrogen) atoms. The fourth-order valence-electron chi connectivity index (χ4n) is 2.08. The molecular weight excluding hydrogens is 302 g/mol. The fourth-order valence-corrected chi connectivity index (χ4v) is 4.72. The predicted molar refractivity (Wildman–Crippen MR) is 77.0 cm³/mol. The van der Waals surface area contributed by atoms with E-state index in [4.69, 9.17) is 11.6 Å². The number of nitrogens with one attached hydrogen (secondary N) is 1. The predicted octanol–water partition coefficient (Wildman–Crippen LogP) is 3.37. The first-order chi connectivity index (χ1) is 9.02. The first-order valence-corrected chi connectivity index (χ1v) is 8.59. The molecule has 1 saturated carbocycles. The largest absolute Gasteiger partial charge is 0.250 e. The van der Waals surface area contributed by atoms with E-state index in [1.165, 1.54) is 11.3 Å². The maximum absolute atomic E-state index is 12.3. The van der Waals surface area contributed by atoms with Gasteiger partial charge in [-0.15, -0.1) is 11.3 Å². The Labute approximate surface area is 121 Å². The van der Waals surface area contributed by atoms with Gasteiger partial charge < -0.3 is 0 Å². The van der Waals surface area contributed by atoms with E-state index in [-0.39, 0.29) is 0 Å². The van der Waals surface area contributed by atoms with Gasteiger partial charge in [-0.3, -0.25) is 0 Å². The zero-order chi connectivity index (χ0) is 13.5. The summed E-state index contributed by atoms with van der Waals surface area (Å²) in [6, 6.07) is 10.7. The van der Waals surface area contributed by atoms with Gasteiger partial charge >= 0.3 is 0 Å². The normalized spacial score (nSPS) is 17.3. The summed E-state index contributed by atoms with van der Waals surface area (Å²) in [6.45, 7) is 0. The van der Waals surface area contributed by atoms with Crippen LogP contribution in [0.5, 0.6) is 0 Å². The second kappa shape index (κ2) is 4.59. The Morgan fingerprint density at radius 3 is 2.58 bits per heavy atom. The Hall–Kier alpha value is -0.880. The van der Waals surface area contributed by atoms with E-state index in [1.54, 1.807) is 23.6 Å². The van der Waals surface area contributed by atoms with Gasteiger partial charge in [0.25, 0.3) is 10.0 Å². The highest BCUT2D eigenvalue weighted by atomic mass is 35.5. The van der Waals surface area contributed by atoms with Gasteiger partial charge in [0.15, 0.2) is 0 Å². The molecule has 0 radical (unpaired) electrons. The van der Waals surface area contributed by atoms with E-state index in [1.807, 2.05) is 18.2 Å². The maximum Gasteiger partial charge on any atom is 0.250 e. The van der Waals surface area contributed by atoms with E-state index < -0.39 is 15.6 Å². The van der Waals surface area contributed by atoms with Gasteiger partial charge in [0.1, 0.15) is 4.21 Å². The van der Waals surface area contributed by atoms with Gasteiger partial charge in [-0.05, 0) is 42.0 Å². The molecular formula is C13H12ClNO2S2. The summed E-state index contributed by atoms with van der Waals surface area (Å²) in [7, 11) is -3.45. The monoisotopic (exact) mass is 313 g/mol. The second-order valence-electron chi connectivity index (χ2n) is 4.63. The molecule has 0 bridgehead atoms. The molecule has 1 aliphatic carbocycles. The third kappa shape index (κ3) is 2.56. The van der Waals surface area contributed by atoms with Crippen LogP contribution < -0.4 is 4.72 Å². The fraction of sp³-hybridized carbons (Fsp3) is 0.231. The summed E-state index contributed by atoms with van der Waals surface area (Å²) in [4.78, 5) is 0. The molecule has 0 atom stereocenters. The van der Waals surface area contributed by atoms with Gasteiger partial charge in [0, 0.05) is 5.02 Å². The lowest BCUT2D eigenvalue weighted by Crippen LogP contribution is -2.34. The zero-order valence-electron chi connectivity index (χ0n) is 9.97. The Bertz CT molecular complexity index is 691. The van der Waals surface area contributed by atoms with Gasteiger partial charge in [-0.25, -0.2) is 8.42 Å². The van der Waals surface area contributed by atoms with E-state index in [2.05, 4.69) is 4.72 Å². The SMILES string of the molecule is O=S(=O)(NC1(c2cccc(Cl)c2)CC1)c1cccs1. The Balaban J connectivity index is 1.91. The molecule has 1 heterocycles. The van der Waals surface area contributed by atoms with Crippen LogP contribution in [-0.2, 0) is 15.6 Å². The number of thiophene rings is 1. The second-order valence-corrected chi connectivity index (χ2v) is 7.92. The van der Waals surface area contributed by atoms with Crippen LogP contribution in [-0.4, -0.2) is 8.42 Å². The van der Waals surface area contributed by atoms with Crippen LogP contribution in [0, 0.1) is 0 Å². The minimum absolute atomic E-state index is 0.348. The van der Waals surface area contributed by atoms with Crippen LogP contribution in [0.1, 0.15) is 18.4 Å². The minimum atomic E-state index is -3.45. The molecule has 1 aromatic heterocycles. The van der Waals surface area contributed by atoms with Crippen LogP contribution in [0.15, 0.2) is 46.0 Å². The van der Waals surface area contributed by atoms with Crippen LogP contribution in [0.4, 0.5) is 0 Å². The van der Waals surface area contributed by atoms with Crippen molar-refractivity contribution in [3.8, 4) is 0 Å². The van der Waals surface area contributed by atoms with E-state index in [9.17, 15) is 8.42 Å². The number of benzene rings is 1. The van der Waals surface area contributed by atoms with Gasteiger partial charge in [0.05, 0.1) is 5.54 Å². The van der Waals surface area contributed by atoms with Crippen LogP contribution in [0.3, 0.4) is 0 Å². The molecule has 1 fully saturated rings. The lowest BCUT2D eigenvalue weighted by atomic mass is 10.1. The highest BCUT2D eigenvalue weighted by Crippen LogP contribution is 2.47. The van der Waals surface area contributed by atoms with Crippen molar-refractivity contribution in [2.45, 2.75) is 22.6 Å². The molecule has 6 heteroatoms. The van der Waals surface area contributed by atoms with Crippen molar-refractivity contribution in [2.75, 3.05) is 0 Å². The standard InChI is InChI=1S/C13H12ClNO2S2/c14-11-4-1-3-10(9-11)13(6-7-13)15-19(16,17)12-5-2-8-18-12/h1-5,8-9,15H,6-7H2. The number of hydrogen-bond donors (Lipinski definition) is 1. The zero-order valence-corrected chi connectivity index (χ0v) is 12.4. The van der Waals surface area contributed by atoms with Crippen LogP contribution in [0.2, 0.25) is 5.02 Å². The Morgan fingerprint density at radius 1 is 1.21 bits per heavy atom. The molecule has 0 unspecified atom stereocenters. The highest BCUT2D eigenvalue weighted by molar-refractivity contribution is 7.91. The molecule has 3 rings (SSSR count). The molecule has 100 valence electrons. The Kier molecular flexibility index (Phi) is 3.17. The van der Waals surface area contributed by atoms with Crippen molar-refractivity contribution < 1.29 is 8.42 Å². The number of rotatable bonds is 4. The summed E-state index contributed by atoms with van der Waals surface area (Å²) in [6.07, 6.45) is 1.61. The van der Waals surface area contributed by atoms with Gasteiger partial charge in [-0.2, -0.15) is 4.72 Å². The quantitative estimate of drug-likeness (QED) is 0.940. The molecule has 1 aromatic carbocycles. The van der Waals surface area contributed by atoms with Crippen molar-refractivity contribution in [1.82, 2.24) is 4.72 Å². The third-order valence-corrected chi connectivity index (χ3v) is 6.39. The summed E-state index contributed by atoms with van der Waals surface area (Å²) in [5.74, 6) is 0. The number of sulfonamides is 1. The topological polar surface area (TPSA) is 46.2 Å². The summed E-state index contributed by atoms with van der Waals surface area (Å²) < 4.78 is 27.7. The van der Waals surface area contributed by atoms with Crippen molar-refractivity contribution in [2.24, 2.45) is 0 Å². The lowest BCUT2D eigenvalue weighted by Gasteiger charge is -2.17. The molecule has 0 saturated heterocycles. The van der Waals surface area contributed by atoms with Gasteiger partial charge in [0.2, 0.25) is 0 Å². The first kappa shape index (κ1) is 13.1.